The second-order valence-corrected chi connectivity index (χ2v) is 7.22. The first-order chi connectivity index (χ1) is 9.50. The molecular formula is C15H17NO3S. The Bertz CT molecular complexity index is 678. The Morgan fingerprint density at radius 1 is 1.30 bits per heavy atom. The van der Waals surface area contributed by atoms with Crippen molar-refractivity contribution in [3.05, 3.63) is 42.0 Å². The maximum Gasteiger partial charge on any atom is 0.243 e. The van der Waals surface area contributed by atoms with E-state index >= 15 is 0 Å². The van der Waals surface area contributed by atoms with Crippen molar-refractivity contribution >= 4 is 15.8 Å². The van der Waals surface area contributed by atoms with E-state index in [0.29, 0.717) is 5.56 Å². The van der Waals surface area contributed by atoms with Crippen LogP contribution in [0.15, 0.2) is 41.3 Å². The number of nitrogens with zero attached hydrogens (tertiary/aromatic N) is 1. The minimum atomic E-state index is -3.52. The van der Waals surface area contributed by atoms with Crippen molar-refractivity contribution in [1.82, 2.24) is 4.31 Å². The summed E-state index contributed by atoms with van der Waals surface area (Å²) in [6.07, 6.45) is 6.62. The number of fused-ring (bicyclic) bond motifs is 2. The largest absolute Gasteiger partial charge is 0.295 e. The highest BCUT2D eigenvalue weighted by Crippen LogP contribution is 2.36. The van der Waals surface area contributed by atoms with Gasteiger partial charge in [-0.25, -0.2) is 8.42 Å². The summed E-state index contributed by atoms with van der Waals surface area (Å²) in [5.41, 5.74) is 0.436. The number of carbonyl (C=O) groups is 1. The Balaban J connectivity index is 2.02. The summed E-state index contributed by atoms with van der Waals surface area (Å²) < 4.78 is 27.2. The van der Waals surface area contributed by atoms with Crippen LogP contribution < -0.4 is 0 Å². The fourth-order valence-electron chi connectivity index (χ4n) is 3.06. The van der Waals surface area contributed by atoms with Gasteiger partial charge >= 0.3 is 0 Å². The number of rotatable bonds is 3. The van der Waals surface area contributed by atoms with Crippen molar-refractivity contribution in [2.45, 2.75) is 43.2 Å². The predicted molar refractivity (Wildman–Crippen MR) is 76.0 cm³/mol. The van der Waals surface area contributed by atoms with E-state index in [9.17, 15) is 13.2 Å². The topological polar surface area (TPSA) is 54.5 Å². The van der Waals surface area contributed by atoms with Crippen LogP contribution >= 0.6 is 0 Å². The van der Waals surface area contributed by atoms with Crippen LogP contribution in [0.2, 0.25) is 0 Å². The van der Waals surface area contributed by atoms with Crippen LogP contribution in [0.4, 0.5) is 0 Å². The third-order valence-electron chi connectivity index (χ3n) is 4.06. The molecule has 0 spiro atoms. The van der Waals surface area contributed by atoms with Crippen LogP contribution in [0, 0.1) is 0 Å². The van der Waals surface area contributed by atoms with Crippen molar-refractivity contribution in [2.24, 2.45) is 0 Å². The fraction of sp³-hybridized carbons (Fsp3) is 0.400. The molecule has 0 saturated carbocycles. The van der Waals surface area contributed by atoms with Gasteiger partial charge in [-0.2, -0.15) is 4.31 Å². The van der Waals surface area contributed by atoms with Gasteiger partial charge in [-0.05, 0) is 38.3 Å². The monoisotopic (exact) mass is 291 g/mol. The van der Waals surface area contributed by atoms with Crippen molar-refractivity contribution in [3.63, 3.8) is 0 Å². The highest BCUT2D eigenvalue weighted by atomic mass is 32.2. The molecule has 3 rings (SSSR count). The van der Waals surface area contributed by atoms with Crippen LogP contribution in [0.25, 0.3) is 0 Å². The second kappa shape index (κ2) is 4.82. The summed E-state index contributed by atoms with van der Waals surface area (Å²) in [6.45, 7) is 1.44. The summed E-state index contributed by atoms with van der Waals surface area (Å²) in [7, 11) is -3.52. The van der Waals surface area contributed by atoms with Gasteiger partial charge in [-0.15, -0.1) is 0 Å². The van der Waals surface area contributed by atoms with Crippen LogP contribution in [0.1, 0.15) is 36.5 Å². The van der Waals surface area contributed by atoms with Crippen molar-refractivity contribution in [3.8, 4) is 0 Å². The van der Waals surface area contributed by atoms with E-state index < -0.39 is 10.0 Å². The normalized spacial score (nSPS) is 25.9. The average Bonchev–Trinajstić information content (AvgIpc) is 2.70. The van der Waals surface area contributed by atoms with Crippen LogP contribution in [0.5, 0.6) is 0 Å². The summed E-state index contributed by atoms with van der Waals surface area (Å²) in [4.78, 5) is 11.6. The molecule has 2 aliphatic heterocycles. The standard InChI is InChI=1S/C15H17NO3S/c1-11(17)12-4-2-7-15(10-12)20(18,19)16-13-5-3-6-14(16)9-8-13/h2-5,7,10,13-14H,6,8-9H2,1H3. The molecule has 2 unspecified atom stereocenters. The fourth-order valence-corrected chi connectivity index (χ4v) is 4.94. The Hall–Kier alpha value is -1.46. The predicted octanol–water partition coefficient (Wildman–Crippen LogP) is 2.37. The molecule has 2 heterocycles. The lowest BCUT2D eigenvalue weighted by atomic mass is 10.2. The van der Waals surface area contributed by atoms with Gasteiger partial charge in [0.1, 0.15) is 0 Å². The first-order valence-electron chi connectivity index (χ1n) is 6.81. The molecule has 0 aromatic heterocycles. The molecule has 4 nitrogen and oxygen atoms in total. The molecule has 1 aromatic rings. The summed E-state index contributed by atoms with van der Waals surface area (Å²) >= 11 is 0. The minimum absolute atomic E-state index is 0.0280. The van der Waals surface area contributed by atoms with Gasteiger partial charge in [0, 0.05) is 17.6 Å². The first kappa shape index (κ1) is 13.5. The van der Waals surface area contributed by atoms with E-state index in [1.54, 1.807) is 22.5 Å². The zero-order valence-electron chi connectivity index (χ0n) is 11.3. The molecule has 2 aliphatic rings. The summed E-state index contributed by atoms with van der Waals surface area (Å²) in [6, 6.07) is 6.36. The third-order valence-corrected chi connectivity index (χ3v) is 6.04. The number of ketones is 1. The van der Waals surface area contributed by atoms with E-state index in [1.807, 2.05) is 6.08 Å². The lowest BCUT2D eigenvalue weighted by Crippen LogP contribution is -2.42. The number of carbonyl (C=O) groups excluding carboxylic acids is 1. The van der Waals surface area contributed by atoms with Gasteiger partial charge in [0.05, 0.1) is 4.90 Å². The molecule has 0 amide bonds. The lowest BCUT2D eigenvalue weighted by Gasteiger charge is -2.30. The number of hydrogen-bond donors (Lipinski definition) is 0. The molecule has 1 saturated heterocycles. The van der Waals surface area contributed by atoms with Crippen LogP contribution in [-0.4, -0.2) is 30.6 Å². The maximum atomic E-state index is 12.8. The summed E-state index contributed by atoms with van der Waals surface area (Å²) in [5, 5.41) is 0. The number of benzene rings is 1. The van der Waals surface area contributed by atoms with Crippen LogP contribution in [0.3, 0.4) is 0 Å². The summed E-state index contributed by atoms with van der Waals surface area (Å²) in [5.74, 6) is -0.122. The second-order valence-electron chi connectivity index (χ2n) is 5.38. The van der Waals surface area contributed by atoms with Crippen molar-refractivity contribution in [2.75, 3.05) is 0 Å². The first-order valence-corrected chi connectivity index (χ1v) is 8.25. The average molecular weight is 291 g/mol. The quantitative estimate of drug-likeness (QED) is 0.634. The number of Topliss-reactive ketones (excluding diaryl/α,β-unsaturated/α-hetero) is 1. The van der Waals surface area contributed by atoms with E-state index in [-0.39, 0.29) is 22.8 Å². The molecule has 20 heavy (non-hydrogen) atoms. The van der Waals surface area contributed by atoms with Gasteiger partial charge in [-0.3, -0.25) is 4.79 Å². The van der Waals surface area contributed by atoms with Crippen molar-refractivity contribution in [1.29, 1.82) is 0 Å². The number of sulfonamides is 1. The maximum absolute atomic E-state index is 12.8. The molecule has 0 aliphatic carbocycles. The molecule has 1 fully saturated rings. The van der Waals surface area contributed by atoms with Crippen LogP contribution in [-0.2, 0) is 10.0 Å². The molecular weight excluding hydrogens is 274 g/mol. The highest BCUT2D eigenvalue weighted by Gasteiger charge is 2.42. The third kappa shape index (κ3) is 2.11. The van der Waals surface area contributed by atoms with Gasteiger partial charge in [0.25, 0.3) is 0 Å². The van der Waals surface area contributed by atoms with E-state index in [4.69, 9.17) is 0 Å². The molecule has 2 atom stereocenters. The minimum Gasteiger partial charge on any atom is -0.295 e. The molecule has 2 bridgehead atoms. The molecule has 1 aromatic carbocycles. The smallest absolute Gasteiger partial charge is 0.243 e. The zero-order chi connectivity index (χ0) is 14.3. The van der Waals surface area contributed by atoms with E-state index in [2.05, 4.69) is 6.08 Å². The molecule has 0 N–H and O–H groups in total. The molecule has 5 heteroatoms. The Kier molecular flexibility index (Phi) is 3.26. The molecule has 0 radical (unpaired) electrons. The number of hydrogen-bond acceptors (Lipinski definition) is 3. The van der Waals surface area contributed by atoms with Gasteiger partial charge in [-0.1, -0.05) is 24.3 Å². The Morgan fingerprint density at radius 2 is 2.10 bits per heavy atom. The highest BCUT2D eigenvalue weighted by molar-refractivity contribution is 7.89. The lowest BCUT2D eigenvalue weighted by molar-refractivity contribution is 0.101. The van der Waals surface area contributed by atoms with E-state index in [0.717, 1.165) is 19.3 Å². The Labute approximate surface area is 119 Å². The van der Waals surface area contributed by atoms with Gasteiger partial charge in [0.15, 0.2) is 5.78 Å². The Morgan fingerprint density at radius 3 is 2.80 bits per heavy atom. The SMILES string of the molecule is CC(=O)c1cccc(S(=O)(=O)N2C3C=CCC2CC3)c1. The molecule has 106 valence electrons. The van der Waals surface area contributed by atoms with Gasteiger partial charge < -0.3 is 0 Å². The van der Waals surface area contributed by atoms with Gasteiger partial charge in [0.2, 0.25) is 10.0 Å². The zero-order valence-corrected chi connectivity index (χ0v) is 12.1. The van der Waals surface area contributed by atoms with Crippen molar-refractivity contribution < 1.29 is 13.2 Å². The van der Waals surface area contributed by atoms with E-state index in [1.165, 1.54) is 13.0 Å².